The third kappa shape index (κ3) is 15.7. The second-order valence-electron chi connectivity index (χ2n) is 5.04. The Morgan fingerprint density at radius 1 is 0.647 bits per heavy atom. The Bertz CT molecular complexity index is 152. The SMILES string of the molecule is CCCCCCCCCCCCCC/C=C\F. The highest BCUT2D eigenvalue weighted by Gasteiger charge is 1.92. The molecular weight excluding hydrogens is 211 g/mol. The molecule has 102 valence electrons. The van der Waals surface area contributed by atoms with Gasteiger partial charge in [-0.05, 0) is 12.8 Å². The van der Waals surface area contributed by atoms with Crippen LogP contribution < -0.4 is 0 Å². The van der Waals surface area contributed by atoms with Crippen LogP contribution in [0.2, 0.25) is 0 Å². The fourth-order valence-corrected chi connectivity index (χ4v) is 2.17. The number of allylic oxidation sites excluding steroid dienone is 1. The first-order chi connectivity index (χ1) is 8.41. The minimum Gasteiger partial charge on any atom is -0.216 e. The first kappa shape index (κ1) is 16.7. The zero-order valence-electron chi connectivity index (χ0n) is 11.7. The van der Waals surface area contributed by atoms with E-state index in [1.807, 2.05) is 0 Å². The lowest BCUT2D eigenvalue weighted by Gasteiger charge is -2.02. The van der Waals surface area contributed by atoms with Crippen molar-refractivity contribution in [2.75, 3.05) is 0 Å². The molecule has 0 aliphatic rings. The van der Waals surface area contributed by atoms with E-state index in [0.717, 1.165) is 12.8 Å². The van der Waals surface area contributed by atoms with Gasteiger partial charge in [-0.3, -0.25) is 0 Å². The zero-order valence-corrected chi connectivity index (χ0v) is 11.7. The van der Waals surface area contributed by atoms with Gasteiger partial charge in [0.2, 0.25) is 0 Å². The maximum Gasteiger partial charge on any atom is 0.0827 e. The van der Waals surface area contributed by atoms with Gasteiger partial charge in [-0.2, -0.15) is 0 Å². The molecule has 0 fully saturated rings. The summed E-state index contributed by atoms with van der Waals surface area (Å²) in [4.78, 5) is 0. The fourth-order valence-electron chi connectivity index (χ4n) is 2.17. The van der Waals surface area contributed by atoms with Crippen LogP contribution in [-0.4, -0.2) is 0 Å². The zero-order chi connectivity index (χ0) is 12.6. The van der Waals surface area contributed by atoms with Crippen LogP contribution in [0.3, 0.4) is 0 Å². The molecule has 0 saturated carbocycles. The van der Waals surface area contributed by atoms with Gasteiger partial charge < -0.3 is 0 Å². The lowest BCUT2D eigenvalue weighted by atomic mass is 10.0. The summed E-state index contributed by atoms with van der Waals surface area (Å²) in [5, 5.41) is 0. The highest BCUT2D eigenvalue weighted by Crippen LogP contribution is 2.12. The second kappa shape index (κ2) is 15.7. The Morgan fingerprint density at radius 2 is 1.06 bits per heavy atom. The van der Waals surface area contributed by atoms with E-state index in [2.05, 4.69) is 6.92 Å². The lowest BCUT2D eigenvalue weighted by molar-refractivity contribution is 0.544. The van der Waals surface area contributed by atoms with Gasteiger partial charge in [0.05, 0.1) is 6.33 Å². The van der Waals surface area contributed by atoms with Crippen molar-refractivity contribution < 1.29 is 4.39 Å². The van der Waals surface area contributed by atoms with Gasteiger partial charge in [0.25, 0.3) is 0 Å². The van der Waals surface area contributed by atoms with Crippen molar-refractivity contribution in [3.63, 3.8) is 0 Å². The molecule has 0 spiro atoms. The minimum absolute atomic E-state index is 0.665. The summed E-state index contributed by atoms with van der Waals surface area (Å²) >= 11 is 0. The van der Waals surface area contributed by atoms with E-state index in [-0.39, 0.29) is 0 Å². The summed E-state index contributed by atoms with van der Waals surface area (Å²) in [5.41, 5.74) is 0. The predicted molar refractivity (Wildman–Crippen MR) is 75.9 cm³/mol. The highest BCUT2D eigenvalue weighted by molar-refractivity contribution is 4.71. The Kier molecular flexibility index (Phi) is 15.4. The van der Waals surface area contributed by atoms with Crippen LogP contribution in [-0.2, 0) is 0 Å². The Morgan fingerprint density at radius 3 is 1.47 bits per heavy atom. The van der Waals surface area contributed by atoms with Gasteiger partial charge in [-0.1, -0.05) is 83.6 Å². The second-order valence-corrected chi connectivity index (χ2v) is 5.04. The van der Waals surface area contributed by atoms with Gasteiger partial charge >= 0.3 is 0 Å². The first-order valence-corrected chi connectivity index (χ1v) is 7.67. The molecule has 0 aromatic rings. The summed E-state index contributed by atoms with van der Waals surface area (Å²) in [6, 6.07) is 0. The molecule has 0 bridgehead atoms. The summed E-state index contributed by atoms with van der Waals surface area (Å²) in [5.74, 6) is 0. The van der Waals surface area contributed by atoms with Crippen molar-refractivity contribution in [1.29, 1.82) is 0 Å². The van der Waals surface area contributed by atoms with E-state index in [1.165, 1.54) is 70.6 Å². The third-order valence-electron chi connectivity index (χ3n) is 3.31. The smallest absolute Gasteiger partial charge is 0.0827 e. The normalized spacial score (nSPS) is 11.4. The first-order valence-electron chi connectivity index (χ1n) is 7.67. The van der Waals surface area contributed by atoms with Gasteiger partial charge in [-0.25, -0.2) is 4.39 Å². The molecule has 0 aromatic heterocycles. The van der Waals surface area contributed by atoms with Crippen molar-refractivity contribution >= 4 is 0 Å². The topological polar surface area (TPSA) is 0 Å². The Labute approximate surface area is 108 Å². The fraction of sp³-hybridized carbons (Fsp3) is 0.875. The maximum absolute atomic E-state index is 11.6. The molecule has 1 heteroatoms. The standard InChI is InChI=1S/C16H31F/c1-2-3-4-5-6-7-8-9-10-11-12-13-14-15-16-17/h15-16H,2-14H2,1H3/b16-15-. The summed E-state index contributed by atoms with van der Waals surface area (Å²) in [6.07, 6.45) is 19.6. The molecule has 0 aliphatic carbocycles. The molecule has 0 saturated heterocycles. The molecule has 0 heterocycles. The highest BCUT2D eigenvalue weighted by atomic mass is 19.1. The molecule has 0 radical (unpaired) electrons. The van der Waals surface area contributed by atoms with Crippen LogP contribution in [0.15, 0.2) is 12.4 Å². The minimum atomic E-state index is 0.665. The predicted octanol–water partition coefficient (Wildman–Crippen LogP) is 6.56. The van der Waals surface area contributed by atoms with E-state index < -0.39 is 0 Å². The molecule has 0 nitrogen and oxygen atoms in total. The summed E-state index contributed by atoms with van der Waals surface area (Å²) in [7, 11) is 0. The quantitative estimate of drug-likeness (QED) is 0.321. The van der Waals surface area contributed by atoms with Crippen LogP contribution in [0.4, 0.5) is 4.39 Å². The van der Waals surface area contributed by atoms with Crippen LogP contribution in [0.1, 0.15) is 90.4 Å². The van der Waals surface area contributed by atoms with Gasteiger partial charge in [-0.15, -0.1) is 0 Å². The monoisotopic (exact) mass is 242 g/mol. The molecule has 0 amide bonds. The average Bonchev–Trinajstić information content (AvgIpc) is 2.35. The van der Waals surface area contributed by atoms with Gasteiger partial charge in [0.1, 0.15) is 0 Å². The van der Waals surface area contributed by atoms with Crippen LogP contribution in [0, 0.1) is 0 Å². The van der Waals surface area contributed by atoms with Crippen LogP contribution >= 0.6 is 0 Å². The van der Waals surface area contributed by atoms with Crippen molar-refractivity contribution in [3.05, 3.63) is 12.4 Å². The molecule has 0 N–H and O–H groups in total. The number of hydrogen-bond acceptors (Lipinski definition) is 0. The van der Waals surface area contributed by atoms with Crippen molar-refractivity contribution in [3.8, 4) is 0 Å². The number of rotatable bonds is 13. The number of unbranched alkanes of at least 4 members (excludes halogenated alkanes) is 12. The Balaban J connectivity index is 2.89. The van der Waals surface area contributed by atoms with E-state index in [4.69, 9.17) is 0 Å². The van der Waals surface area contributed by atoms with E-state index in [9.17, 15) is 4.39 Å². The number of hydrogen-bond donors (Lipinski definition) is 0. The molecule has 0 rings (SSSR count). The maximum atomic E-state index is 11.6. The molecule has 0 unspecified atom stereocenters. The largest absolute Gasteiger partial charge is 0.216 e. The molecule has 0 aliphatic heterocycles. The average molecular weight is 242 g/mol. The van der Waals surface area contributed by atoms with Crippen molar-refractivity contribution in [1.82, 2.24) is 0 Å². The third-order valence-corrected chi connectivity index (χ3v) is 3.31. The molecular formula is C16H31F. The molecule has 17 heavy (non-hydrogen) atoms. The summed E-state index contributed by atoms with van der Waals surface area (Å²) in [6.45, 7) is 2.27. The van der Waals surface area contributed by atoms with Gasteiger partial charge in [0, 0.05) is 0 Å². The van der Waals surface area contributed by atoms with E-state index >= 15 is 0 Å². The van der Waals surface area contributed by atoms with Crippen LogP contribution in [0.25, 0.3) is 0 Å². The van der Waals surface area contributed by atoms with Crippen LogP contribution in [0.5, 0.6) is 0 Å². The van der Waals surface area contributed by atoms with E-state index in [0.29, 0.717) is 6.33 Å². The van der Waals surface area contributed by atoms with Crippen molar-refractivity contribution in [2.45, 2.75) is 90.4 Å². The lowest BCUT2D eigenvalue weighted by Crippen LogP contribution is -1.82. The van der Waals surface area contributed by atoms with Gasteiger partial charge in [0.15, 0.2) is 0 Å². The molecule has 0 aromatic carbocycles. The number of halogens is 1. The summed E-state index contributed by atoms with van der Waals surface area (Å²) < 4.78 is 11.6. The molecule has 0 atom stereocenters. The van der Waals surface area contributed by atoms with E-state index in [1.54, 1.807) is 6.08 Å². The van der Waals surface area contributed by atoms with Crippen molar-refractivity contribution in [2.24, 2.45) is 0 Å². The Hall–Kier alpha value is -0.330.